The molecule has 0 fully saturated rings. The number of thiophene rings is 1. The standard InChI is InChI=1S/C17H14Cl2N2O5S3/c1-26-15-5-2-3-6-16(15)28(22,23)20-13-9-11(18)12(19)10-14(13)21-29(24,25)17-7-4-8-27-17/h2-10,20-21H,1H3. The lowest BCUT2D eigenvalue weighted by molar-refractivity contribution is 0.403. The van der Waals surface area contributed by atoms with Crippen molar-refractivity contribution in [3.05, 3.63) is 64.0 Å². The summed E-state index contributed by atoms with van der Waals surface area (Å²) in [6, 6.07) is 11.5. The van der Waals surface area contributed by atoms with Crippen molar-refractivity contribution in [2.75, 3.05) is 16.6 Å². The van der Waals surface area contributed by atoms with E-state index >= 15 is 0 Å². The first kappa shape index (κ1) is 21.7. The summed E-state index contributed by atoms with van der Waals surface area (Å²) in [5.41, 5.74) is -0.170. The molecule has 3 rings (SSSR count). The minimum absolute atomic E-state index is 0.0449. The van der Waals surface area contributed by atoms with Crippen molar-refractivity contribution in [1.29, 1.82) is 0 Å². The quantitative estimate of drug-likeness (QED) is 0.498. The molecule has 0 bridgehead atoms. The monoisotopic (exact) mass is 492 g/mol. The summed E-state index contributed by atoms with van der Waals surface area (Å²) in [5, 5.41) is 1.70. The van der Waals surface area contributed by atoms with E-state index in [4.69, 9.17) is 27.9 Å². The third-order valence-corrected chi connectivity index (χ3v) is 8.56. The summed E-state index contributed by atoms with van der Waals surface area (Å²) in [4.78, 5) is -0.124. The van der Waals surface area contributed by atoms with E-state index in [1.807, 2.05) is 0 Å². The number of para-hydroxylation sites is 1. The van der Waals surface area contributed by atoms with Gasteiger partial charge < -0.3 is 4.74 Å². The molecule has 0 aliphatic carbocycles. The van der Waals surface area contributed by atoms with Gasteiger partial charge in [0.05, 0.1) is 28.5 Å². The molecule has 0 atom stereocenters. The van der Waals surface area contributed by atoms with E-state index in [0.29, 0.717) is 0 Å². The number of benzene rings is 2. The van der Waals surface area contributed by atoms with Crippen molar-refractivity contribution in [2.24, 2.45) is 0 Å². The maximum absolute atomic E-state index is 12.9. The van der Waals surface area contributed by atoms with Crippen LogP contribution in [0.1, 0.15) is 0 Å². The van der Waals surface area contributed by atoms with E-state index in [2.05, 4.69) is 9.44 Å². The van der Waals surface area contributed by atoms with E-state index < -0.39 is 20.0 Å². The number of sulfonamides is 2. The van der Waals surface area contributed by atoms with Gasteiger partial charge in [-0.05, 0) is 35.7 Å². The Morgan fingerprint density at radius 1 is 0.862 bits per heavy atom. The molecule has 0 amide bonds. The number of ether oxygens (including phenoxy) is 1. The first-order chi connectivity index (χ1) is 13.6. The summed E-state index contributed by atoms with van der Waals surface area (Å²) in [5.74, 6) is 0.126. The molecule has 0 saturated heterocycles. The Morgan fingerprint density at radius 2 is 1.45 bits per heavy atom. The Morgan fingerprint density at radius 3 is 2.00 bits per heavy atom. The molecule has 1 aromatic heterocycles. The fourth-order valence-corrected chi connectivity index (χ4v) is 6.00. The fourth-order valence-electron chi connectivity index (χ4n) is 2.37. The molecule has 2 N–H and O–H groups in total. The molecular formula is C17H14Cl2N2O5S3. The van der Waals surface area contributed by atoms with Crippen LogP contribution in [0.3, 0.4) is 0 Å². The predicted molar refractivity (Wildman–Crippen MR) is 115 cm³/mol. The van der Waals surface area contributed by atoms with E-state index in [1.54, 1.807) is 17.5 Å². The Labute approximate surface area is 182 Å². The molecule has 2 aromatic carbocycles. The van der Waals surface area contributed by atoms with Gasteiger partial charge in [0, 0.05) is 0 Å². The van der Waals surface area contributed by atoms with Crippen molar-refractivity contribution < 1.29 is 21.6 Å². The minimum Gasteiger partial charge on any atom is -0.495 e. The number of rotatable bonds is 7. The van der Waals surface area contributed by atoms with E-state index in [-0.39, 0.29) is 36.3 Å². The van der Waals surface area contributed by atoms with Crippen LogP contribution in [0, 0.1) is 0 Å². The summed E-state index contributed by atoms with van der Waals surface area (Å²) in [7, 11) is -6.73. The number of hydrogen-bond acceptors (Lipinski definition) is 6. The fraction of sp³-hybridized carbons (Fsp3) is 0.0588. The Balaban J connectivity index is 2.04. The molecule has 0 unspecified atom stereocenters. The van der Waals surface area contributed by atoms with Crippen LogP contribution in [-0.2, 0) is 20.0 Å². The molecule has 3 aromatic rings. The highest BCUT2D eigenvalue weighted by molar-refractivity contribution is 7.94. The van der Waals surface area contributed by atoms with Crippen LogP contribution in [0.5, 0.6) is 5.75 Å². The summed E-state index contributed by atoms with van der Waals surface area (Å²) in [6.07, 6.45) is 0. The van der Waals surface area contributed by atoms with Crippen molar-refractivity contribution in [1.82, 2.24) is 0 Å². The number of hydrogen-bond donors (Lipinski definition) is 2. The van der Waals surface area contributed by atoms with Gasteiger partial charge in [-0.15, -0.1) is 11.3 Å². The first-order valence-electron chi connectivity index (χ1n) is 7.85. The number of nitrogens with one attached hydrogen (secondary N) is 2. The molecule has 0 spiro atoms. The van der Waals surface area contributed by atoms with Gasteiger partial charge in [-0.1, -0.05) is 41.4 Å². The number of halogens is 2. The SMILES string of the molecule is COc1ccccc1S(=O)(=O)Nc1cc(Cl)c(Cl)cc1NS(=O)(=O)c1cccs1. The van der Waals surface area contributed by atoms with Gasteiger partial charge >= 0.3 is 0 Å². The van der Waals surface area contributed by atoms with Crippen LogP contribution in [0.4, 0.5) is 11.4 Å². The molecule has 154 valence electrons. The van der Waals surface area contributed by atoms with Gasteiger partial charge in [-0.25, -0.2) is 16.8 Å². The van der Waals surface area contributed by atoms with Crippen LogP contribution in [0.25, 0.3) is 0 Å². The second-order valence-electron chi connectivity index (χ2n) is 5.61. The highest BCUT2D eigenvalue weighted by atomic mass is 35.5. The van der Waals surface area contributed by atoms with Gasteiger partial charge in [0.1, 0.15) is 14.9 Å². The van der Waals surface area contributed by atoms with Gasteiger partial charge in [-0.2, -0.15) is 0 Å². The van der Waals surface area contributed by atoms with Crippen LogP contribution in [0.2, 0.25) is 10.0 Å². The lowest BCUT2D eigenvalue weighted by Crippen LogP contribution is -2.17. The van der Waals surface area contributed by atoms with E-state index in [1.165, 1.54) is 43.5 Å². The Kier molecular flexibility index (Phi) is 6.30. The topological polar surface area (TPSA) is 102 Å². The molecule has 7 nitrogen and oxygen atoms in total. The molecule has 12 heteroatoms. The van der Waals surface area contributed by atoms with E-state index in [9.17, 15) is 16.8 Å². The maximum atomic E-state index is 12.9. The Bertz CT molecular complexity index is 1240. The molecule has 1 heterocycles. The van der Waals surface area contributed by atoms with Crippen molar-refractivity contribution >= 4 is 66.0 Å². The minimum atomic E-state index is -4.13. The van der Waals surface area contributed by atoms with Crippen molar-refractivity contribution in [3.63, 3.8) is 0 Å². The molecule has 29 heavy (non-hydrogen) atoms. The average Bonchev–Trinajstić information content (AvgIpc) is 3.21. The van der Waals surface area contributed by atoms with Crippen LogP contribution in [-0.4, -0.2) is 23.9 Å². The third kappa shape index (κ3) is 4.78. The zero-order valence-electron chi connectivity index (χ0n) is 14.7. The smallest absolute Gasteiger partial charge is 0.271 e. The molecule has 0 radical (unpaired) electrons. The van der Waals surface area contributed by atoms with Gasteiger partial charge in [-0.3, -0.25) is 9.44 Å². The predicted octanol–water partition coefficient (Wildman–Crippen LogP) is 4.67. The highest BCUT2D eigenvalue weighted by Crippen LogP contribution is 2.36. The zero-order valence-corrected chi connectivity index (χ0v) is 18.7. The normalized spacial score (nSPS) is 11.8. The second-order valence-corrected chi connectivity index (χ2v) is 10.9. The van der Waals surface area contributed by atoms with Crippen molar-refractivity contribution in [2.45, 2.75) is 9.10 Å². The number of anilines is 2. The summed E-state index contributed by atoms with van der Waals surface area (Å²) < 4.78 is 60.7. The van der Waals surface area contributed by atoms with E-state index in [0.717, 1.165) is 11.3 Å². The second kappa shape index (κ2) is 8.41. The summed E-state index contributed by atoms with van der Waals surface area (Å²) >= 11 is 13.1. The first-order valence-corrected chi connectivity index (χ1v) is 12.5. The molecule has 0 saturated carbocycles. The largest absolute Gasteiger partial charge is 0.495 e. The maximum Gasteiger partial charge on any atom is 0.271 e. The summed E-state index contributed by atoms with van der Waals surface area (Å²) in [6.45, 7) is 0. The average molecular weight is 493 g/mol. The number of methoxy groups -OCH3 is 1. The zero-order chi connectivity index (χ0) is 21.2. The van der Waals surface area contributed by atoms with Gasteiger partial charge in [0.15, 0.2) is 0 Å². The molecular weight excluding hydrogens is 479 g/mol. The Hall–Kier alpha value is -1.98. The van der Waals surface area contributed by atoms with Crippen LogP contribution >= 0.6 is 34.5 Å². The lowest BCUT2D eigenvalue weighted by Gasteiger charge is -2.16. The van der Waals surface area contributed by atoms with Gasteiger partial charge in [0.2, 0.25) is 0 Å². The van der Waals surface area contributed by atoms with Crippen LogP contribution in [0.15, 0.2) is 63.0 Å². The molecule has 0 aliphatic heterocycles. The van der Waals surface area contributed by atoms with Crippen molar-refractivity contribution in [3.8, 4) is 5.75 Å². The molecule has 0 aliphatic rings. The lowest BCUT2D eigenvalue weighted by atomic mass is 10.3. The van der Waals surface area contributed by atoms with Gasteiger partial charge in [0.25, 0.3) is 20.0 Å². The third-order valence-electron chi connectivity index (χ3n) is 3.67. The highest BCUT2D eigenvalue weighted by Gasteiger charge is 2.23. The van der Waals surface area contributed by atoms with Crippen LogP contribution < -0.4 is 14.2 Å².